The topological polar surface area (TPSA) is 222 Å². The molecular weight excluding hydrogens is 400 g/mol. The Labute approximate surface area is 175 Å². The lowest BCUT2D eigenvalue weighted by Crippen LogP contribution is -2.66. The Kier molecular flexibility index (Phi) is 8.04. The van der Waals surface area contributed by atoms with Crippen LogP contribution in [0.4, 0.5) is 0 Å². The van der Waals surface area contributed by atoms with Crippen LogP contribution in [0.1, 0.15) is 19.8 Å². The molecule has 1 saturated carbocycles. The third-order valence-corrected chi connectivity index (χ3v) is 6.37. The van der Waals surface area contributed by atoms with Crippen LogP contribution in [-0.4, -0.2) is 107 Å². The molecule has 0 bridgehead atoms. The summed E-state index contributed by atoms with van der Waals surface area (Å²) in [6, 6.07) is -1.93. The summed E-state index contributed by atoms with van der Waals surface area (Å²) in [4.78, 5) is 0. The SMILES string of the molecule is C[C@H]1[C@@H](O)[C@H](O[C@@H]2[C@@H](O)[C@H](N)C[C@H](N)[C@H]2O[C@H]2O[C@H](CN)[C@@H](O)C[C@H]2N)O[C@@H]1CO. The molecule has 0 unspecified atom stereocenters. The fraction of sp³-hybridized carbons (Fsp3) is 1.00. The molecule has 0 aromatic rings. The highest BCUT2D eigenvalue weighted by Gasteiger charge is 2.50. The molecule has 2 heterocycles. The standard InChI is InChI=1S/C18H36N4O8/c1-6-12(5-23)28-18(13(6)25)30-16-14(26)7(20)2-8(21)15(16)29-17-9(22)3-10(24)11(4-19)27-17/h6-18,23-26H,2-5,19-22H2,1H3/t6-,7-,8+,9-,10+,11-,12-,13-,14+,15-,16-,17-,18+/m1/s1. The summed E-state index contributed by atoms with van der Waals surface area (Å²) in [7, 11) is 0. The van der Waals surface area contributed by atoms with Gasteiger partial charge in [0.15, 0.2) is 12.6 Å². The van der Waals surface area contributed by atoms with Crippen molar-refractivity contribution in [2.75, 3.05) is 13.2 Å². The van der Waals surface area contributed by atoms with Crippen molar-refractivity contribution in [3.05, 3.63) is 0 Å². The van der Waals surface area contributed by atoms with E-state index in [4.69, 9.17) is 41.9 Å². The molecule has 3 fully saturated rings. The molecule has 2 saturated heterocycles. The second-order valence-electron chi connectivity index (χ2n) is 8.58. The van der Waals surface area contributed by atoms with Crippen LogP contribution in [0.2, 0.25) is 0 Å². The predicted molar refractivity (Wildman–Crippen MR) is 104 cm³/mol. The maximum absolute atomic E-state index is 10.7. The lowest BCUT2D eigenvalue weighted by molar-refractivity contribution is -0.294. The molecule has 0 radical (unpaired) electrons. The summed E-state index contributed by atoms with van der Waals surface area (Å²) < 4.78 is 23.2. The molecule has 1 aliphatic carbocycles. The molecular formula is C18H36N4O8. The van der Waals surface area contributed by atoms with Gasteiger partial charge < -0.3 is 62.3 Å². The zero-order valence-corrected chi connectivity index (χ0v) is 17.1. The van der Waals surface area contributed by atoms with Crippen molar-refractivity contribution in [2.24, 2.45) is 28.9 Å². The Morgan fingerprint density at radius 3 is 2.07 bits per heavy atom. The average Bonchev–Trinajstić information content (AvgIpc) is 2.98. The van der Waals surface area contributed by atoms with E-state index in [9.17, 15) is 20.4 Å². The third-order valence-electron chi connectivity index (χ3n) is 6.37. The van der Waals surface area contributed by atoms with E-state index < -0.39 is 73.4 Å². The van der Waals surface area contributed by atoms with Crippen molar-refractivity contribution < 1.29 is 39.4 Å². The summed E-state index contributed by atoms with van der Waals surface area (Å²) >= 11 is 0. The van der Waals surface area contributed by atoms with E-state index in [0.29, 0.717) is 0 Å². The van der Waals surface area contributed by atoms with Crippen molar-refractivity contribution in [1.29, 1.82) is 0 Å². The first kappa shape index (κ1) is 24.2. The van der Waals surface area contributed by atoms with Crippen LogP contribution >= 0.6 is 0 Å². The minimum Gasteiger partial charge on any atom is -0.394 e. The van der Waals surface area contributed by atoms with Crippen molar-refractivity contribution in [3.63, 3.8) is 0 Å². The van der Waals surface area contributed by atoms with Gasteiger partial charge in [-0.3, -0.25) is 0 Å². The van der Waals surface area contributed by atoms with Gasteiger partial charge in [0.25, 0.3) is 0 Å². The first-order chi connectivity index (χ1) is 14.2. The summed E-state index contributed by atoms with van der Waals surface area (Å²) in [5.74, 6) is -0.371. The van der Waals surface area contributed by atoms with Gasteiger partial charge in [-0.2, -0.15) is 0 Å². The maximum Gasteiger partial charge on any atom is 0.184 e. The van der Waals surface area contributed by atoms with Gasteiger partial charge >= 0.3 is 0 Å². The molecule has 0 amide bonds. The molecule has 2 aliphatic heterocycles. The van der Waals surface area contributed by atoms with E-state index in [1.165, 1.54) is 0 Å². The van der Waals surface area contributed by atoms with Crippen LogP contribution in [-0.2, 0) is 18.9 Å². The Morgan fingerprint density at radius 2 is 1.47 bits per heavy atom. The molecule has 0 aromatic carbocycles. The van der Waals surface area contributed by atoms with Crippen LogP contribution in [0, 0.1) is 5.92 Å². The van der Waals surface area contributed by atoms with E-state index in [2.05, 4.69) is 0 Å². The highest BCUT2D eigenvalue weighted by atomic mass is 16.7. The zero-order valence-electron chi connectivity index (χ0n) is 17.1. The number of nitrogens with two attached hydrogens (primary N) is 4. The second kappa shape index (κ2) is 9.98. The van der Waals surface area contributed by atoms with Gasteiger partial charge in [0.1, 0.15) is 18.3 Å². The normalized spacial score (nSPS) is 52.5. The summed E-state index contributed by atoms with van der Waals surface area (Å²) in [5, 5.41) is 40.6. The van der Waals surface area contributed by atoms with E-state index in [1.807, 2.05) is 0 Å². The molecule has 12 nitrogen and oxygen atoms in total. The molecule has 3 aliphatic rings. The van der Waals surface area contributed by atoms with E-state index in [1.54, 1.807) is 6.92 Å². The van der Waals surface area contributed by atoms with Gasteiger partial charge in [0.2, 0.25) is 0 Å². The fourth-order valence-corrected chi connectivity index (χ4v) is 4.33. The number of rotatable bonds is 6. The third kappa shape index (κ3) is 4.80. The minimum atomic E-state index is -1.15. The van der Waals surface area contributed by atoms with Crippen molar-refractivity contribution in [2.45, 2.75) is 93.2 Å². The minimum absolute atomic E-state index is 0.0838. The molecule has 3 rings (SSSR count). The second-order valence-corrected chi connectivity index (χ2v) is 8.58. The van der Waals surface area contributed by atoms with Gasteiger partial charge in [-0.1, -0.05) is 6.92 Å². The predicted octanol–water partition coefficient (Wildman–Crippen LogP) is -4.35. The lowest BCUT2D eigenvalue weighted by Gasteiger charge is -2.46. The molecule has 0 spiro atoms. The van der Waals surface area contributed by atoms with Gasteiger partial charge in [-0.05, 0) is 12.8 Å². The van der Waals surface area contributed by atoms with Crippen molar-refractivity contribution >= 4 is 0 Å². The Bertz CT molecular complexity index is 562. The van der Waals surface area contributed by atoms with Gasteiger partial charge in [0.05, 0.1) is 37.1 Å². The molecule has 12 heteroatoms. The fourth-order valence-electron chi connectivity index (χ4n) is 4.33. The molecule has 0 aromatic heterocycles. The van der Waals surface area contributed by atoms with Gasteiger partial charge in [-0.25, -0.2) is 0 Å². The van der Waals surface area contributed by atoms with Crippen LogP contribution in [0.5, 0.6) is 0 Å². The quantitative estimate of drug-likeness (QED) is 0.198. The van der Waals surface area contributed by atoms with Crippen LogP contribution in [0.15, 0.2) is 0 Å². The van der Waals surface area contributed by atoms with Gasteiger partial charge in [0, 0.05) is 24.5 Å². The summed E-state index contributed by atoms with van der Waals surface area (Å²) in [6.45, 7) is 1.53. The molecule has 30 heavy (non-hydrogen) atoms. The van der Waals surface area contributed by atoms with E-state index in [-0.39, 0.29) is 31.9 Å². The highest BCUT2D eigenvalue weighted by molar-refractivity contribution is 5.00. The monoisotopic (exact) mass is 436 g/mol. The number of ether oxygens (including phenoxy) is 4. The van der Waals surface area contributed by atoms with Crippen molar-refractivity contribution in [3.8, 4) is 0 Å². The van der Waals surface area contributed by atoms with E-state index >= 15 is 0 Å². The van der Waals surface area contributed by atoms with Crippen LogP contribution < -0.4 is 22.9 Å². The maximum atomic E-state index is 10.7. The van der Waals surface area contributed by atoms with Crippen LogP contribution in [0.25, 0.3) is 0 Å². The largest absolute Gasteiger partial charge is 0.394 e. The molecule has 13 atom stereocenters. The molecule has 12 N–H and O–H groups in total. The number of hydrogen-bond donors (Lipinski definition) is 8. The Morgan fingerprint density at radius 1 is 0.833 bits per heavy atom. The first-order valence-electron chi connectivity index (χ1n) is 10.4. The van der Waals surface area contributed by atoms with E-state index in [0.717, 1.165) is 0 Å². The average molecular weight is 437 g/mol. The number of aliphatic hydroxyl groups is 4. The molecule has 176 valence electrons. The van der Waals surface area contributed by atoms with Crippen molar-refractivity contribution in [1.82, 2.24) is 0 Å². The van der Waals surface area contributed by atoms with Gasteiger partial charge in [-0.15, -0.1) is 0 Å². The number of aliphatic hydroxyl groups excluding tert-OH is 4. The lowest BCUT2D eigenvalue weighted by atomic mass is 9.84. The zero-order chi connectivity index (χ0) is 22.2. The van der Waals surface area contributed by atoms with Crippen LogP contribution in [0.3, 0.4) is 0 Å². The highest BCUT2D eigenvalue weighted by Crippen LogP contribution is 2.33. The first-order valence-corrected chi connectivity index (χ1v) is 10.4. The number of hydrogen-bond acceptors (Lipinski definition) is 12. The Balaban J connectivity index is 1.75. The smallest absolute Gasteiger partial charge is 0.184 e. The summed E-state index contributed by atoms with van der Waals surface area (Å²) in [6.07, 6.45) is -7.67. The Hall–Kier alpha value is -0.480. The summed E-state index contributed by atoms with van der Waals surface area (Å²) in [5.41, 5.74) is 24.0.